The van der Waals surface area contributed by atoms with Crippen molar-refractivity contribution in [1.82, 2.24) is 5.32 Å². The van der Waals surface area contributed by atoms with Gasteiger partial charge in [0.15, 0.2) is 0 Å². The van der Waals surface area contributed by atoms with Gasteiger partial charge in [0.2, 0.25) is 5.91 Å². The molecule has 0 aliphatic carbocycles. The molecule has 1 aliphatic heterocycles. The number of rotatable bonds is 1. The average molecular weight is 189 g/mol. The molecule has 0 bridgehead atoms. The molecule has 1 amide bonds. The van der Waals surface area contributed by atoms with Gasteiger partial charge in [-0.05, 0) is 18.4 Å². The van der Waals surface area contributed by atoms with Gasteiger partial charge in [-0.1, -0.05) is 30.3 Å². The lowest BCUT2D eigenvalue weighted by Crippen LogP contribution is -2.24. The van der Waals surface area contributed by atoms with Crippen LogP contribution < -0.4 is 5.32 Å². The molecule has 2 heteroatoms. The molecule has 14 heavy (non-hydrogen) atoms. The number of carbonyl (C=O) groups is 1. The zero-order valence-electron chi connectivity index (χ0n) is 8.20. The molecule has 1 aromatic rings. The van der Waals surface area contributed by atoms with E-state index in [9.17, 15) is 4.79 Å². The summed E-state index contributed by atoms with van der Waals surface area (Å²) in [6.07, 6.45) is 2.80. The van der Waals surface area contributed by atoms with Crippen LogP contribution in [0, 0.1) is 0 Å². The Morgan fingerprint density at radius 1 is 1.21 bits per heavy atom. The van der Waals surface area contributed by atoms with Crippen LogP contribution in [0.4, 0.5) is 0 Å². The fourth-order valence-corrected chi connectivity index (χ4v) is 1.95. The molecule has 1 heterocycles. The second kappa shape index (κ2) is 4.27. The number of benzene rings is 1. The van der Waals surface area contributed by atoms with Gasteiger partial charge in [0.25, 0.3) is 0 Å². The number of amides is 1. The largest absolute Gasteiger partial charge is 0.355 e. The Balaban J connectivity index is 2.08. The van der Waals surface area contributed by atoms with Crippen molar-refractivity contribution in [2.24, 2.45) is 0 Å². The molecule has 1 aliphatic rings. The second-order valence-corrected chi connectivity index (χ2v) is 3.80. The van der Waals surface area contributed by atoms with Gasteiger partial charge in [-0.3, -0.25) is 4.79 Å². The van der Waals surface area contributed by atoms with Crippen molar-refractivity contribution >= 4 is 5.91 Å². The van der Waals surface area contributed by atoms with Crippen molar-refractivity contribution < 1.29 is 4.79 Å². The maximum Gasteiger partial charge on any atom is 0.220 e. The summed E-state index contributed by atoms with van der Waals surface area (Å²) in [7, 11) is 0. The van der Waals surface area contributed by atoms with Crippen molar-refractivity contribution in [1.29, 1.82) is 0 Å². The molecule has 1 saturated heterocycles. The molecule has 0 saturated carbocycles. The molecule has 2 nitrogen and oxygen atoms in total. The standard InChI is InChI=1S/C12H15NO/c14-12-8-4-7-11(9-13-12)10-5-2-1-3-6-10/h1-3,5-6,11H,4,7-9H2,(H,13,14). The van der Waals surface area contributed by atoms with Gasteiger partial charge in [0.1, 0.15) is 0 Å². The van der Waals surface area contributed by atoms with Crippen LogP contribution in [-0.4, -0.2) is 12.5 Å². The third kappa shape index (κ3) is 2.13. The Hall–Kier alpha value is -1.31. The minimum Gasteiger partial charge on any atom is -0.355 e. The summed E-state index contributed by atoms with van der Waals surface area (Å²) >= 11 is 0. The number of nitrogens with one attached hydrogen (secondary N) is 1. The molecule has 0 aromatic heterocycles. The normalized spacial score (nSPS) is 22.6. The minimum atomic E-state index is 0.198. The zero-order valence-corrected chi connectivity index (χ0v) is 8.20. The first-order valence-electron chi connectivity index (χ1n) is 5.18. The highest BCUT2D eigenvalue weighted by Crippen LogP contribution is 2.22. The van der Waals surface area contributed by atoms with Crippen molar-refractivity contribution in [3.8, 4) is 0 Å². The van der Waals surface area contributed by atoms with E-state index in [0.29, 0.717) is 12.3 Å². The molecule has 74 valence electrons. The van der Waals surface area contributed by atoms with Crippen LogP contribution >= 0.6 is 0 Å². The minimum absolute atomic E-state index is 0.198. The highest BCUT2D eigenvalue weighted by Gasteiger charge is 2.16. The molecule has 1 N–H and O–H groups in total. The highest BCUT2D eigenvalue weighted by atomic mass is 16.1. The average Bonchev–Trinajstić information content (AvgIpc) is 2.44. The summed E-state index contributed by atoms with van der Waals surface area (Å²) < 4.78 is 0. The third-order valence-corrected chi connectivity index (χ3v) is 2.77. The van der Waals surface area contributed by atoms with E-state index < -0.39 is 0 Å². The fourth-order valence-electron chi connectivity index (χ4n) is 1.95. The van der Waals surface area contributed by atoms with Gasteiger partial charge in [0.05, 0.1) is 0 Å². The quantitative estimate of drug-likeness (QED) is 0.720. The molecule has 0 spiro atoms. The summed E-state index contributed by atoms with van der Waals surface area (Å²) in [6.45, 7) is 0.794. The molecule has 1 fully saturated rings. The second-order valence-electron chi connectivity index (χ2n) is 3.80. The maximum absolute atomic E-state index is 11.1. The smallest absolute Gasteiger partial charge is 0.220 e. The Morgan fingerprint density at radius 3 is 2.79 bits per heavy atom. The van der Waals surface area contributed by atoms with Crippen molar-refractivity contribution in [3.05, 3.63) is 35.9 Å². The van der Waals surface area contributed by atoms with Crippen LogP contribution in [0.2, 0.25) is 0 Å². The van der Waals surface area contributed by atoms with E-state index in [-0.39, 0.29) is 5.91 Å². The van der Waals surface area contributed by atoms with Crippen LogP contribution in [0.15, 0.2) is 30.3 Å². The predicted octanol–water partition coefficient (Wildman–Crippen LogP) is 2.07. The lowest BCUT2D eigenvalue weighted by molar-refractivity contribution is -0.120. The molecule has 1 unspecified atom stereocenters. The topological polar surface area (TPSA) is 29.1 Å². The van der Waals surface area contributed by atoms with Crippen LogP contribution in [0.25, 0.3) is 0 Å². The van der Waals surface area contributed by atoms with E-state index in [1.807, 2.05) is 6.07 Å². The predicted molar refractivity (Wildman–Crippen MR) is 56.0 cm³/mol. The van der Waals surface area contributed by atoms with E-state index in [1.54, 1.807) is 0 Å². The molecular weight excluding hydrogens is 174 g/mol. The summed E-state index contributed by atoms with van der Waals surface area (Å²) in [5.41, 5.74) is 1.34. The molecule has 2 rings (SSSR count). The summed E-state index contributed by atoms with van der Waals surface area (Å²) in [5.74, 6) is 0.700. The summed E-state index contributed by atoms with van der Waals surface area (Å²) in [6, 6.07) is 10.4. The monoisotopic (exact) mass is 189 g/mol. The Labute approximate surface area is 84.3 Å². The van der Waals surface area contributed by atoms with Gasteiger partial charge in [-0.15, -0.1) is 0 Å². The Bertz CT molecular complexity index is 307. The van der Waals surface area contributed by atoms with Crippen LogP contribution in [-0.2, 0) is 4.79 Å². The van der Waals surface area contributed by atoms with Gasteiger partial charge in [-0.25, -0.2) is 0 Å². The maximum atomic E-state index is 11.1. The van der Waals surface area contributed by atoms with Crippen molar-refractivity contribution in [3.63, 3.8) is 0 Å². The van der Waals surface area contributed by atoms with Gasteiger partial charge >= 0.3 is 0 Å². The Morgan fingerprint density at radius 2 is 2.00 bits per heavy atom. The van der Waals surface area contributed by atoms with Gasteiger partial charge in [0, 0.05) is 18.9 Å². The summed E-state index contributed by atoms with van der Waals surface area (Å²) in [5, 5.41) is 2.95. The highest BCUT2D eigenvalue weighted by molar-refractivity contribution is 5.76. The fraction of sp³-hybridized carbons (Fsp3) is 0.417. The lowest BCUT2D eigenvalue weighted by atomic mass is 9.95. The van der Waals surface area contributed by atoms with E-state index in [2.05, 4.69) is 29.6 Å². The first-order chi connectivity index (χ1) is 6.86. The third-order valence-electron chi connectivity index (χ3n) is 2.77. The van der Waals surface area contributed by atoms with E-state index in [4.69, 9.17) is 0 Å². The van der Waals surface area contributed by atoms with E-state index >= 15 is 0 Å². The van der Waals surface area contributed by atoms with Gasteiger partial charge < -0.3 is 5.32 Å². The number of carbonyl (C=O) groups excluding carboxylic acids is 1. The first kappa shape index (κ1) is 9.25. The Kier molecular flexibility index (Phi) is 2.82. The van der Waals surface area contributed by atoms with Crippen molar-refractivity contribution in [2.75, 3.05) is 6.54 Å². The summed E-state index contributed by atoms with van der Waals surface area (Å²) in [4.78, 5) is 11.1. The SMILES string of the molecule is O=C1CCCC(c2ccccc2)CN1. The number of hydrogen-bond donors (Lipinski definition) is 1. The van der Waals surface area contributed by atoms with Crippen LogP contribution in [0.1, 0.15) is 30.7 Å². The molecule has 0 radical (unpaired) electrons. The molecule has 1 aromatic carbocycles. The van der Waals surface area contributed by atoms with Gasteiger partial charge in [-0.2, -0.15) is 0 Å². The number of hydrogen-bond acceptors (Lipinski definition) is 1. The lowest BCUT2D eigenvalue weighted by Gasteiger charge is -2.13. The van der Waals surface area contributed by atoms with Crippen LogP contribution in [0.3, 0.4) is 0 Å². The first-order valence-corrected chi connectivity index (χ1v) is 5.18. The van der Waals surface area contributed by atoms with Crippen molar-refractivity contribution in [2.45, 2.75) is 25.2 Å². The van der Waals surface area contributed by atoms with E-state index in [0.717, 1.165) is 19.4 Å². The molecule has 1 atom stereocenters. The molecular formula is C12H15NO. The zero-order chi connectivity index (χ0) is 9.80. The van der Waals surface area contributed by atoms with Crippen LogP contribution in [0.5, 0.6) is 0 Å². The van der Waals surface area contributed by atoms with E-state index in [1.165, 1.54) is 5.56 Å².